The van der Waals surface area contributed by atoms with E-state index in [1.54, 1.807) is 36.0 Å². The smallest absolute Gasteiger partial charge is 0.245 e. The predicted molar refractivity (Wildman–Crippen MR) is 105 cm³/mol. The number of ether oxygens (including phenoxy) is 2. The van der Waals surface area contributed by atoms with Crippen LogP contribution in [0.3, 0.4) is 0 Å². The van der Waals surface area contributed by atoms with Crippen molar-refractivity contribution in [2.24, 2.45) is 5.10 Å². The lowest BCUT2D eigenvalue weighted by atomic mass is 10.2. The van der Waals surface area contributed by atoms with Crippen molar-refractivity contribution in [3.63, 3.8) is 0 Å². The van der Waals surface area contributed by atoms with Gasteiger partial charge in [0.15, 0.2) is 11.5 Å². The maximum Gasteiger partial charge on any atom is 0.245 e. The van der Waals surface area contributed by atoms with Gasteiger partial charge in [-0.2, -0.15) is 5.10 Å². The second kappa shape index (κ2) is 9.17. The Balaban J connectivity index is 1.56. The zero-order valence-electron chi connectivity index (χ0n) is 14.2. The van der Waals surface area contributed by atoms with Crippen LogP contribution in [0.15, 0.2) is 58.3 Å². The number of carbonyl (C=O) groups excluding carboxylic acids is 1. The topological polar surface area (TPSA) is 59.9 Å². The van der Waals surface area contributed by atoms with Crippen molar-refractivity contribution in [1.82, 2.24) is 5.43 Å². The second-order valence-electron chi connectivity index (χ2n) is 5.33. The molecule has 3 aromatic rings. The highest BCUT2D eigenvalue weighted by atomic mass is 32.1. The molecule has 7 heteroatoms. The predicted octanol–water partition coefficient (Wildman–Crippen LogP) is 4.09. The molecule has 0 bridgehead atoms. The number of carbonyl (C=O) groups is 1. The Morgan fingerprint density at radius 2 is 1.88 bits per heavy atom. The monoisotopic (exact) mass is 386 g/mol. The van der Waals surface area contributed by atoms with E-state index in [1.807, 2.05) is 53.2 Å². The van der Waals surface area contributed by atoms with Gasteiger partial charge in [0, 0.05) is 9.75 Å². The lowest BCUT2D eigenvalue weighted by molar-refractivity contribution is -0.120. The minimum Gasteiger partial charge on any atom is -0.493 e. The summed E-state index contributed by atoms with van der Waals surface area (Å²) in [6.45, 7) is 0.500. The average molecular weight is 386 g/mol. The van der Waals surface area contributed by atoms with Gasteiger partial charge in [-0.25, -0.2) is 5.43 Å². The number of benzene rings is 1. The molecule has 1 aromatic carbocycles. The second-order valence-corrected chi connectivity index (χ2v) is 7.39. The first-order chi connectivity index (χ1) is 12.7. The summed E-state index contributed by atoms with van der Waals surface area (Å²) >= 11 is 3.20. The van der Waals surface area contributed by atoms with Gasteiger partial charge in [0.2, 0.25) is 5.91 Å². The van der Waals surface area contributed by atoms with Crippen molar-refractivity contribution in [2.45, 2.75) is 13.0 Å². The third-order valence-electron chi connectivity index (χ3n) is 3.46. The molecule has 3 rings (SSSR count). The van der Waals surface area contributed by atoms with Crippen LogP contribution >= 0.6 is 22.7 Å². The lowest BCUT2D eigenvalue weighted by Gasteiger charge is -2.10. The summed E-state index contributed by atoms with van der Waals surface area (Å²) in [7, 11) is 1.59. The zero-order chi connectivity index (χ0) is 18.2. The molecule has 1 N–H and O–H groups in total. The highest BCUT2D eigenvalue weighted by molar-refractivity contribution is 7.10. The zero-order valence-corrected chi connectivity index (χ0v) is 15.8. The molecule has 0 aliphatic rings. The van der Waals surface area contributed by atoms with Crippen molar-refractivity contribution in [3.8, 4) is 11.5 Å². The van der Waals surface area contributed by atoms with Crippen molar-refractivity contribution in [3.05, 3.63) is 68.5 Å². The first kappa shape index (κ1) is 18.2. The minimum atomic E-state index is -0.147. The van der Waals surface area contributed by atoms with Crippen LogP contribution in [-0.4, -0.2) is 19.2 Å². The maximum absolute atomic E-state index is 11.8. The number of nitrogens with one attached hydrogen (secondary N) is 1. The van der Waals surface area contributed by atoms with Gasteiger partial charge in [0.1, 0.15) is 6.61 Å². The molecule has 0 aliphatic heterocycles. The summed E-state index contributed by atoms with van der Waals surface area (Å²) in [4.78, 5) is 14.0. The van der Waals surface area contributed by atoms with Gasteiger partial charge >= 0.3 is 0 Å². The molecular weight excluding hydrogens is 368 g/mol. The van der Waals surface area contributed by atoms with Gasteiger partial charge in [-0.15, -0.1) is 22.7 Å². The molecular formula is C19H18N2O3S2. The number of amides is 1. The summed E-state index contributed by atoms with van der Waals surface area (Å²) in [6, 6.07) is 13.4. The molecule has 5 nitrogen and oxygen atoms in total. The molecule has 1 amide bonds. The van der Waals surface area contributed by atoms with Crippen LogP contribution in [0, 0.1) is 0 Å². The molecule has 0 atom stereocenters. The van der Waals surface area contributed by atoms with Crippen LogP contribution in [-0.2, 0) is 17.8 Å². The summed E-state index contributed by atoms with van der Waals surface area (Å²) < 4.78 is 11.2. The standard InChI is InChI=1S/C19H18N2O3S2/c1-23-18-10-14(6-7-17(18)24-13-16-5-3-9-26-16)12-20-21-19(22)11-15-4-2-8-25-15/h2-10,12H,11,13H2,1H3,(H,21,22)/b20-12-. The molecule has 0 spiro atoms. The quantitative estimate of drug-likeness (QED) is 0.469. The van der Waals surface area contributed by atoms with E-state index in [0.29, 0.717) is 24.5 Å². The molecule has 0 unspecified atom stereocenters. The van der Waals surface area contributed by atoms with E-state index in [2.05, 4.69) is 10.5 Å². The van der Waals surface area contributed by atoms with Crippen LogP contribution in [0.4, 0.5) is 0 Å². The average Bonchev–Trinajstić information content (AvgIpc) is 3.34. The van der Waals surface area contributed by atoms with E-state index in [4.69, 9.17) is 9.47 Å². The first-order valence-corrected chi connectivity index (χ1v) is 9.68. The molecule has 0 radical (unpaired) electrons. The number of hydrogen-bond donors (Lipinski definition) is 1. The summed E-state index contributed by atoms with van der Waals surface area (Å²) in [5.74, 6) is 1.14. The summed E-state index contributed by atoms with van der Waals surface area (Å²) in [5, 5.41) is 7.96. The molecule has 0 aliphatic carbocycles. The van der Waals surface area contributed by atoms with Crippen molar-refractivity contribution in [1.29, 1.82) is 0 Å². The fraction of sp³-hybridized carbons (Fsp3) is 0.158. The number of rotatable bonds is 8. The SMILES string of the molecule is COc1cc(/C=N\NC(=O)Cc2cccs2)ccc1OCc1cccs1. The van der Waals surface area contributed by atoms with E-state index in [1.165, 1.54) is 0 Å². The van der Waals surface area contributed by atoms with Gasteiger partial charge in [-0.05, 0) is 46.7 Å². The van der Waals surface area contributed by atoms with Gasteiger partial charge in [0.25, 0.3) is 0 Å². The Labute approximate surface area is 159 Å². The number of hydrazone groups is 1. The Kier molecular flexibility index (Phi) is 6.40. The first-order valence-electron chi connectivity index (χ1n) is 7.92. The van der Waals surface area contributed by atoms with E-state index < -0.39 is 0 Å². The molecule has 0 saturated heterocycles. The molecule has 2 heterocycles. The minimum absolute atomic E-state index is 0.147. The number of thiophene rings is 2. The van der Waals surface area contributed by atoms with Crippen LogP contribution in [0.5, 0.6) is 11.5 Å². The normalized spacial score (nSPS) is 10.8. The van der Waals surface area contributed by atoms with E-state index in [9.17, 15) is 4.79 Å². The van der Waals surface area contributed by atoms with Gasteiger partial charge in [-0.3, -0.25) is 4.79 Å². The van der Waals surface area contributed by atoms with Gasteiger partial charge in [0.05, 0.1) is 19.7 Å². The van der Waals surface area contributed by atoms with Gasteiger partial charge < -0.3 is 9.47 Å². The summed E-state index contributed by atoms with van der Waals surface area (Å²) in [5.41, 5.74) is 3.34. The van der Waals surface area contributed by atoms with Crippen LogP contribution in [0.2, 0.25) is 0 Å². The van der Waals surface area contributed by atoms with Crippen molar-refractivity contribution < 1.29 is 14.3 Å². The van der Waals surface area contributed by atoms with Crippen LogP contribution in [0.25, 0.3) is 0 Å². The Bertz CT molecular complexity index is 859. The summed E-state index contributed by atoms with van der Waals surface area (Å²) in [6.07, 6.45) is 1.91. The number of methoxy groups -OCH3 is 1. The van der Waals surface area contributed by atoms with E-state index >= 15 is 0 Å². The fourth-order valence-corrected chi connectivity index (χ4v) is 3.54. The van der Waals surface area contributed by atoms with Gasteiger partial charge in [-0.1, -0.05) is 12.1 Å². The number of hydrogen-bond acceptors (Lipinski definition) is 6. The largest absolute Gasteiger partial charge is 0.493 e. The molecule has 134 valence electrons. The third kappa shape index (κ3) is 5.18. The Morgan fingerprint density at radius 1 is 1.12 bits per heavy atom. The highest BCUT2D eigenvalue weighted by Gasteiger charge is 2.06. The highest BCUT2D eigenvalue weighted by Crippen LogP contribution is 2.28. The molecule has 0 saturated carbocycles. The van der Waals surface area contributed by atoms with E-state index in [0.717, 1.165) is 15.3 Å². The fourth-order valence-electron chi connectivity index (χ4n) is 2.22. The number of nitrogens with zero attached hydrogens (tertiary/aromatic N) is 1. The van der Waals surface area contributed by atoms with Crippen molar-refractivity contribution >= 4 is 34.8 Å². The maximum atomic E-state index is 11.8. The molecule has 26 heavy (non-hydrogen) atoms. The Morgan fingerprint density at radius 3 is 2.58 bits per heavy atom. The Hall–Kier alpha value is -2.64. The molecule has 2 aromatic heterocycles. The van der Waals surface area contributed by atoms with Crippen LogP contribution in [0.1, 0.15) is 15.3 Å². The van der Waals surface area contributed by atoms with Crippen LogP contribution < -0.4 is 14.9 Å². The lowest BCUT2D eigenvalue weighted by Crippen LogP contribution is -2.19. The third-order valence-corrected chi connectivity index (χ3v) is 5.18. The molecule has 0 fully saturated rings. The van der Waals surface area contributed by atoms with Crippen molar-refractivity contribution in [2.75, 3.05) is 7.11 Å². The van der Waals surface area contributed by atoms with E-state index in [-0.39, 0.29) is 5.91 Å².